The molecule has 2 unspecified atom stereocenters. The van der Waals surface area contributed by atoms with Crippen LogP contribution >= 0.6 is 0 Å². The van der Waals surface area contributed by atoms with E-state index in [0.29, 0.717) is 16.9 Å². The highest BCUT2D eigenvalue weighted by Crippen LogP contribution is 2.25. The van der Waals surface area contributed by atoms with E-state index in [-0.39, 0.29) is 31.3 Å². The summed E-state index contributed by atoms with van der Waals surface area (Å²) in [6, 6.07) is 11.7. The molecule has 1 aromatic heterocycles. The molecule has 154 valence electrons. The van der Waals surface area contributed by atoms with E-state index in [1.54, 1.807) is 24.1 Å². The van der Waals surface area contributed by atoms with Gasteiger partial charge in [-0.05, 0) is 24.6 Å². The lowest BCUT2D eigenvalue weighted by atomic mass is 10.1. The zero-order valence-corrected chi connectivity index (χ0v) is 16.6. The van der Waals surface area contributed by atoms with Crippen molar-refractivity contribution in [3.63, 3.8) is 0 Å². The minimum Gasteiger partial charge on any atom is -0.365 e. The molecule has 1 aliphatic rings. The first-order chi connectivity index (χ1) is 14.4. The largest absolute Gasteiger partial charge is 0.365 e. The maximum atomic E-state index is 13.4. The van der Waals surface area contributed by atoms with Crippen molar-refractivity contribution in [2.45, 2.75) is 12.5 Å². The van der Waals surface area contributed by atoms with E-state index < -0.39 is 17.8 Å². The second kappa shape index (κ2) is 9.18. The monoisotopic (exact) mass is 407 g/mol. The number of hydrogen-bond acceptors (Lipinski definition) is 5. The maximum absolute atomic E-state index is 13.4. The molecule has 30 heavy (non-hydrogen) atoms. The molecular formula is C22H22FN5O2. The number of nitriles is 1. The SMILES string of the molecule is C=C(c1cncc(F)c1)N(C)CC(=O)N1CC(C(=O)Nc2ccccc2)CC1C#N. The van der Waals surface area contributed by atoms with Gasteiger partial charge in [-0.1, -0.05) is 24.8 Å². The molecule has 1 aromatic carbocycles. The lowest BCUT2D eigenvalue weighted by Gasteiger charge is -2.26. The van der Waals surface area contributed by atoms with Gasteiger partial charge in [-0.25, -0.2) is 4.39 Å². The highest BCUT2D eigenvalue weighted by atomic mass is 19.1. The number of para-hydroxylation sites is 1. The number of halogens is 1. The molecule has 1 saturated heterocycles. The first-order valence-electron chi connectivity index (χ1n) is 9.45. The third kappa shape index (κ3) is 4.81. The van der Waals surface area contributed by atoms with Gasteiger partial charge in [0.05, 0.1) is 24.7 Å². The number of likely N-dealkylation sites (N-methyl/N-ethyl adjacent to an activating group) is 1. The van der Waals surface area contributed by atoms with Crippen LogP contribution in [0.25, 0.3) is 5.70 Å². The van der Waals surface area contributed by atoms with Gasteiger partial charge in [-0.2, -0.15) is 5.26 Å². The molecule has 0 bridgehead atoms. The number of benzene rings is 1. The molecule has 2 atom stereocenters. The second-order valence-corrected chi connectivity index (χ2v) is 7.17. The van der Waals surface area contributed by atoms with E-state index >= 15 is 0 Å². The van der Waals surface area contributed by atoms with Crippen molar-refractivity contribution in [2.24, 2.45) is 5.92 Å². The minimum atomic E-state index is -0.679. The van der Waals surface area contributed by atoms with Crippen LogP contribution in [0.1, 0.15) is 12.0 Å². The molecule has 0 spiro atoms. The predicted molar refractivity (Wildman–Crippen MR) is 110 cm³/mol. The van der Waals surface area contributed by atoms with E-state index in [2.05, 4.69) is 22.9 Å². The molecule has 1 fully saturated rings. The van der Waals surface area contributed by atoms with Crippen molar-refractivity contribution in [1.29, 1.82) is 5.26 Å². The normalized spacial score (nSPS) is 17.8. The van der Waals surface area contributed by atoms with Crippen molar-refractivity contribution >= 4 is 23.2 Å². The average Bonchev–Trinajstić information content (AvgIpc) is 3.19. The summed E-state index contributed by atoms with van der Waals surface area (Å²) < 4.78 is 13.4. The molecule has 0 aliphatic carbocycles. The number of hydrogen-bond donors (Lipinski definition) is 1. The third-order valence-corrected chi connectivity index (χ3v) is 5.05. The van der Waals surface area contributed by atoms with E-state index in [1.165, 1.54) is 17.2 Å². The van der Waals surface area contributed by atoms with Crippen LogP contribution in [-0.4, -0.2) is 52.8 Å². The Balaban J connectivity index is 1.62. The zero-order chi connectivity index (χ0) is 21.7. The van der Waals surface area contributed by atoms with Crippen LogP contribution < -0.4 is 5.32 Å². The van der Waals surface area contributed by atoms with Gasteiger partial charge >= 0.3 is 0 Å². The number of aromatic nitrogens is 1. The van der Waals surface area contributed by atoms with Crippen molar-refractivity contribution in [3.8, 4) is 6.07 Å². The zero-order valence-electron chi connectivity index (χ0n) is 16.6. The first-order valence-corrected chi connectivity index (χ1v) is 9.45. The number of anilines is 1. The van der Waals surface area contributed by atoms with Crippen LogP contribution in [0.15, 0.2) is 55.4 Å². The van der Waals surface area contributed by atoms with Gasteiger partial charge in [0, 0.05) is 36.7 Å². The Bertz CT molecular complexity index is 989. The van der Waals surface area contributed by atoms with Gasteiger partial charge in [0.1, 0.15) is 11.9 Å². The standard InChI is InChI=1S/C22H22FN5O2/c1-15(16-8-18(23)12-25-11-16)27(2)14-21(29)28-13-17(9-20(28)10-24)22(30)26-19-6-4-3-5-7-19/h3-8,11-12,17,20H,1,9,13-14H2,2H3,(H,26,30). The summed E-state index contributed by atoms with van der Waals surface area (Å²) in [5.74, 6) is -1.49. The topological polar surface area (TPSA) is 89.3 Å². The van der Waals surface area contributed by atoms with Gasteiger partial charge < -0.3 is 15.1 Å². The van der Waals surface area contributed by atoms with E-state index in [4.69, 9.17) is 0 Å². The average molecular weight is 407 g/mol. The highest BCUT2D eigenvalue weighted by molar-refractivity contribution is 5.93. The fraction of sp³-hybridized carbons (Fsp3) is 0.273. The second-order valence-electron chi connectivity index (χ2n) is 7.17. The molecular weight excluding hydrogens is 385 g/mol. The number of carbonyl (C=O) groups is 2. The molecule has 1 aliphatic heterocycles. The predicted octanol–water partition coefficient (Wildman–Crippen LogP) is 2.50. The summed E-state index contributed by atoms with van der Waals surface area (Å²) >= 11 is 0. The maximum Gasteiger partial charge on any atom is 0.243 e. The molecule has 2 heterocycles. The molecule has 2 amide bonds. The number of nitrogens with zero attached hydrogens (tertiary/aromatic N) is 4. The van der Waals surface area contributed by atoms with E-state index in [9.17, 15) is 19.2 Å². The van der Waals surface area contributed by atoms with Gasteiger partial charge in [0.15, 0.2) is 0 Å². The number of likely N-dealkylation sites (tertiary alicyclic amines) is 1. The Labute approximate surface area is 174 Å². The Morgan fingerprint density at radius 1 is 1.37 bits per heavy atom. The summed E-state index contributed by atoms with van der Waals surface area (Å²) in [7, 11) is 1.65. The number of pyridine rings is 1. The lowest BCUT2D eigenvalue weighted by Crippen LogP contribution is -2.41. The van der Waals surface area contributed by atoms with E-state index in [1.807, 2.05) is 18.2 Å². The fourth-order valence-electron chi connectivity index (χ4n) is 3.37. The van der Waals surface area contributed by atoms with Crippen LogP contribution in [0, 0.1) is 23.1 Å². The Morgan fingerprint density at radius 2 is 2.10 bits per heavy atom. The van der Waals surface area contributed by atoms with Crippen molar-refractivity contribution < 1.29 is 14.0 Å². The van der Waals surface area contributed by atoms with Crippen molar-refractivity contribution in [3.05, 3.63) is 66.8 Å². The summed E-state index contributed by atoms with van der Waals surface area (Å²) in [5.41, 5.74) is 1.56. The van der Waals surface area contributed by atoms with Crippen LogP contribution in [0.3, 0.4) is 0 Å². The molecule has 7 nitrogen and oxygen atoms in total. The van der Waals surface area contributed by atoms with Crippen LogP contribution in [0.5, 0.6) is 0 Å². The number of nitrogens with one attached hydrogen (secondary N) is 1. The summed E-state index contributed by atoms with van der Waals surface area (Å²) in [5, 5.41) is 12.3. The summed E-state index contributed by atoms with van der Waals surface area (Å²) in [6.07, 6.45) is 2.83. The molecule has 0 radical (unpaired) electrons. The number of amides is 2. The third-order valence-electron chi connectivity index (χ3n) is 5.05. The first kappa shape index (κ1) is 21.0. The van der Waals surface area contributed by atoms with Gasteiger partial charge in [0.25, 0.3) is 0 Å². The Kier molecular flexibility index (Phi) is 6.42. The lowest BCUT2D eigenvalue weighted by molar-refractivity contribution is -0.131. The van der Waals surface area contributed by atoms with Gasteiger partial charge in [-0.15, -0.1) is 0 Å². The Morgan fingerprint density at radius 3 is 2.77 bits per heavy atom. The molecule has 0 saturated carbocycles. The molecule has 3 rings (SSSR count). The minimum absolute atomic E-state index is 0.0550. The molecule has 8 heteroatoms. The number of carbonyl (C=O) groups excluding carboxylic acids is 2. The number of rotatable bonds is 6. The van der Waals surface area contributed by atoms with E-state index in [0.717, 1.165) is 6.20 Å². The fourth-order valence-corrected chi connectivity index (χ4v) is 3.37. The van der Waals surface area contributed by atoms with Crippen LogP contribution in [-0.2, 0) is 9.59 Å². The quantitative estimate of drug-likeness (QED) is 0.795. The Hall–Kier alpha value is -3.73. The van der Waals surface area contributed by atoms with Crippen molar-refractivity contribution in [1.82, 2.24) is 14.8 Å². The van der Waals surface area contributed by atoms with Gasteiger partial charge in [0.2, 0.25) is 11.8 Å². The smallest absolute Gasteiger partial charge is 0.243 e. The molecule has 2 aromatic rings. The molecule has 1 N–H and O–H groups in total. The van der Waals surface area contributed by atoms with Gasteiger partial charge in [-0.3, -0.25) is 14.6 Å². The summed E-state index contributed by atoms with van der Waals surface area (Å²) in [6.45, 7) is 4.00. The van der Waals surface area contributed by atoms with Crippen LogP contribution in [0.4, 0.5) is 10.1 Å². The van der Waals surface area contributed by atoms with Crippen molar-refractivity contribution in [2.75, 3.05) is 25.5 Å². The summed E-state index contributed by atoms with van der Waals surface area (Å²) in [4.78, 5) is 32.2. The van der Waals surface area contributed by atoms with Crippen LogP contribution in [0.2, 0.25) is 0 Å². The highest BCUT2D eigenvalue weighted by Gasteiger charge is 2.39.